The molecular weight excluding hydrogens is 285 g/mol. The third kappa shape index (κ3) is 3.27. The molecule has 2 aromatic rings. The van der Waals surface area contributed by atoms with E-state index in [9.17, 15) is 0 Å². The molecule has 1 N–H and O–H groups in total. The van der Waals surface area contributed by atoms with E-state index in [4.69, 9.17) is 23.2 Å². The van der Waals surface area contributed by atoms with E-state index in [-0.39, 0.29) is 6.04 Å². The van der Waals surface area contributed by atoms with Crippen molar-refractivity contribution in [3.8, 4) is 0 Å². The second-order valence-corrected chi connectivity index (χ2v) is 5.94. The topological polar surface area (TPSA) is 12.0 Å². The van der Waals surface area contributed by atoms with Crippen molar-refractivity contribution < 1.29 is 0 Å². The highest BCUT2D eigenvalue weighted by atomic mass is 35.5. The maximum atomic E-state index is 6.19. The summed E-state index contributed by atoms with van der Waals surface area (Å²) in [6.07, 6.45) is 0. The van der Waals surface area contributed by atoms with Crippen molar-refractivity contribution in [1.82, 2.24) is 5.32 Å². The lowest BCUT2D eigenvalue weighted by atomic mass is 10.1. The molecule has 2 rings (SSSR count). The van der Waals surface area contributed by atoms with E-state index in [0.29, 0.717) is 10.0 Å². The molecule has 0 bridgehead atoms. The van der Waals surface area contributed by atoms with Crippen LogP contribution in [0, 0.1) is 6.92 Å². The molecule has 4 heteroatoms. The Morgan fingerprint density at radius 3 is 2.67 bits per heavy atom. The van der Waals surface area contributed by atoms with Gasteiger partial charge in [0, 0.05) is 22.6 Å². The molecule has 1 heterocycles. The molecular formula is C14H15Cl2NS. The Morgan fingerprint density at radius 1 is 1.28 bits per heavy atom. The van der Waals surface area contributed by atoms with Crippen LogP contribution < -0.4 is 5.32 Å². The van der Waals surface area contributed by atoms with Crippen molar-refractivity contribution >= 4 is 34.5 Å². The molecule has 1 unspecified atom stereocenters. The highest BCUT2D eigenvalue weighted by molar-refractivity contribution is 7.08. The third-order valence-corrected chi connectivity index (χ3v) is 4.46. The minimum atomic E-state index is 0.203. The van der Waals surface area contributed by atoms with Gasteiger partial charge in [-0.2, -0.15) is 11.3 Å². The molecule has 0 saturated carbocycles. The van der Waals surface area contributed by atoms with Gasteiger partial charge < -0.3 is 5.32 Å². The summed E-state index contributed by atoms with van der Waals surface area (Å²) in [6.45, 7) is 5.10. The summed E-state index contributed by atoms with van der Waals surface area (Å²) >= 11 is 13.8. The van der Waals surface area contributed by atoms with E-state index in [1.165, 1.54) is 11.1 Å². The van der Waals surface area contributed by atoms with Gasteiger partial charge in [-0.25, -0.2) is 0 Å². The van der Waals surface area contributed by atoms with Crippen LogP contribution in [0.1, 0.15) is 29.7 Å². The van der Waals surface area contributed by atoms with Crippen molar-refractivity contribution in [3.05, 3.63) is 55.7 Å². The molecule has 0 aliphatic carbocycles. The number of aryl methyl sites for hydroxylation is 1. The zero-order chi connectivity index (χ0) is 13.1. The van der Waals surface area contributed by atoms with Gasteiger partial charge in [-0.05, 0) is 53.4 Å². The van der Waals surface area contributed by atoms with E-state index in [0.717, 1.165) is 12.1 Å². The van der Waals surface area contributed by atoms with Crippen LogP contribution in [-0.4, -0.2) is 0 Å². The normalized spacial score (nSPS) is 12.7. The van der Waals surface area contributed by atoms with Crippen molar-refractivity contribution in [2.45, 2.75) is 26.4 Å². The van der Waals surface area contributed by atoms with Crippen LogP contribution in [0.3, 0.4) is 0 Å². The molecule has 0 radical (unpaired) electrons. The minimum Gasteiger partial charge on any atom is -0.306 e. The Hall–Kier alpha value is -0.540. The van der Waals surface area contributed by atoms with Crippen LogP contribution in [0.5, 0.6) is 0 Å². The van der Waals surface area contributed by atoms with E-state index in [1.807, 2.05) is 12.1 Å². The maximum absolute atomic E-state index is 6.19. The Kier molecular flexibility index (Phi) is 4.68. The van der Waals surface area contributed by atoms with Crippen molar-refractivity contribution in [2.75, 3.05) is 0 Å². The van der Waals surface area contributed by atoms with Crippen LogP contribution in [0.15, 0.2) is 29.0 Å². The van der Waals surface area contributed by atoms with E-state index in [2.05, 4.69) is 29.9 Å². The van der Waals surface area contributed by atoms with Gasteiger partial charge >= 0.3 is 0 Å². The summed E-state index contributed by atoms with van der Waals surface area (Å²) in [7, 11) is 0. The fourth-order valence-electron chi connectivity index (χ4n) is 1.79. The van der Waals surface area contributed by atoms with Crippen molar-refractivity contribution in [3.63, 3.8) is 0 Å². The number of halogens is 2. The number of hydrogen-bond donors (Lipinski definition) is 1. The predicted molar refractivity (Wildman–Crippen MR) is 80.8 cm³/mol. The first-order valence-corrected chi connectivity index (χ1v) is 7.48. The standard InChI is InChI=1S/C14H15Cl2NS/c1-9-7-18-8-11(9)6-17-10(2)13-4-3-12(15)5-14(13)16/h3-5,7-8,10,17H,6H2,1-2H3. The number of benzene rings is 1. The van der Waals surface area contributed by atoms with Gasteiger partial charge in [0.2, 0.25) is 0 Å². The monoisotopic (exact) mass is 299 g/mol. The first-order valence-electron chi connectivity index (χ1n) is 5.78. The molecule has 0 aliphatic heterocycles. The Morgan fingerprint density at radius 2 is 2.06 bits per heavy atom. The quantitative estimate of drug-likeness (QED) is 0.817. The Bertz CT molecular complexity index is 536. The Balaban J connectivity index is 2.03. The summed E-state index contributed by atoms with van der Waals surface area (Å²) in [4.78, 5) is 0. The highest BCUT2D eigenvalue weighted by Gasteiger charge is 2.10. The fourth-order valence-corrected chi connectivity index (χ4v) is 3.22. The lowest BCUT2D eigenvalue weighted by Gasteiger charge is -2.16. The second kappa shape index (κ2) is 6.07. The van der Waals surface area contributed by atoms with Gasteiger partial charge in [0.25, 0.3) is 0 Å². The summed E-state index contributed by atoms with van der Waals surface area (Å²) in [5, 5.41) is 9.21. The number of hydrogen-bond acceptors (Lipinski definition) is 2. The second-order valence-electron chi connectivity index (χ2n) is 4.35. The molecule has 1 nitrogen and oxygen atoms in total. The zero-order valence-electron chi connectivity index (χ0n) is 10.3. The molecule has 0 aliphatic rings. The summed E-state index contributed by atoms with van der Waals surface area (Å²) in [5.41, 5.74) is 3.76. The first-order chi connectivity index (χ1) is 8.58. The van der Waals surface area contributed by atoms with Crippen LogP contribution in [-0.2, 0) is 6.54 Å². The predicted octanol–water partition coefficient (Wildman–Crippen LogP) is 5.21. The van der Waals surface area contributed by atoms with Gasteiger partial charge in [-0.3, -0.25) is 0 Å². The van der Waals surface area contributed by atoms with Crippen LogP contribution in [0.4, 0.5) is 0 Å². The SMILES string of the molecule is Cc1cscc1CNC(C)c1ccc(Cl)cc1Cl. The molecule has 1 aromatic heterocycles. The molecule has 1 atom stereocenters. The molecule has 0 fully saturated rings. The number of thiophene rings is 1. The Labute approximate surface area is 122 Å². The van der Waals surface area contributed by atoms with E-state index >= 15 is 0 Å². The van der Waals surface area contributed by atoms with E-state index < -0.39 is 0 Å². The maximum Gasteiger partial charge on any atom is 0.0468 e. The van der Waals surface area contributed by atoms with Gasteiger partial charge in [-0.1, -0.05) is 29.3 Å². The first kappa shape index (κ1) is 13.9. The van der Waals surface area contributed by atoms with Crippen molar-refractivity contribution in [2.24, 2.45) is 0 Å². The molecule has 96 valence electrons. The summed E-state index contributed by atoms with van der Waals surface area (Å²) < 4.78 is 0. The smallest absolute Gasteiger partial charge is 0.0468 e. The molecule has 0 saturated heterocycles. The number of nitrogens with one attached hydrogen (secondary N) is 1. The van der Waals surface area contributed by atoms with Crippen molar-refractivity contribution in [1.29, 1.82) is 0 Å². The fraction of sp³-hybridized carbons (Fsp3) is 0.286. The lowest BCUT2D eigenvalue weighted by Crippen LogP contribution is -2.18. The third-order valence-electron chi connectivity index (χ3n) is 2.99. The highest BCUT2D eigenvalue weighted by Crippen LogP contribution is 2.26. The average Bonchev–Trinajstić information content (AvgIpc) is 2.72. The largest absolute Gasteiger partial charge is 0.306 e. The van der Waals surface area contributed by atoms with Crippen LogP contribution >= 0.6 is 34.5 Å². The minimum absolute atomic E-state index is 0.203. The average molecular weight is 300 g/mol. The molecule has 18 heavy (non-hydrogen) atoms. The lowest BCUT2D eigenvalue weighted by molar-refractivity contribution is 0.574. The van der Waals surface area contributed by atoms with Crippen LogP contribution in [0.2, 0.25) is 10.0 Å². The zero-order valence-corrected chi connectivity index (χ0v) is 12.7. The summed E-state index contributed by atoms with van der Waals surface area (Å²) in [5.74, 6) is 0. The number of rotatable bonds is 4. The van der Waals surface area contributed by atoms with Gasteiger partial charge in [0.1, 0.15) is 0 Å². The van der Waals surface area contributed by atoms with Crippen LogP contribution in [0.25, 0.3) is 0 Å². The molecule has 0 spiro atoms. The molecule has 1 aromatic carbocycles. The summed E-state index contributed by atoms with van der Waals surface area (Å²) in [6, 6.07) is 5.83. The van der Waals surface area contributed by atoms with Gasteiger partial charge in [0.15, 0.2) is 0 Å². The van der Waals surface area contributed by atoms with Gasteiger partial charge in [-0.15, -0.1) is 0 Å². The molecule has 0 amide bonds. The van der Waals surface area contributed by atoms with Gasteiger partial charge in [0.05, 0.1) is 0 Å². The van der Waals surface area contributed by atoms with E-state index in [1.54, 1.807) is 17.4 Å².